The van der Waals surface area contributed by atoms with Crippen LogP contribution >= 0.6 is 35.0 Å². The van der Waals surface area contributed by atoms with E-state index in [-0.39, 0.29) is 21.7 Å². The van der Waals surface area contributed by atoms with Crippen LogP contribution in [0.1, 0.15) is 0 Å². The Morgan fingerprint density at radius 1 is 1.19 bits per heavy atom. The molecule has 1 amide bonds. The maximum Gasteiger partial charge on any atom is 0.270 e. The number of aromatic nitrogens is 2. The van der Waals surface area contributed by atoms with E-state index < -0.39 is 20.3 Å². The van der Waals surface area contributed by atoms with E-state index in [2.05, 4.69) is 15.3 Å². The van der Waals surface area contributed by atoms with E-state index in [0.29, 0.717) is 21.5 Å². The topological polar surface area (TPSA) is 118 Å². The van der Waals surface area contributed by atoms with Crippen molar-refractivity contribution in [2.45, 2.75) is 14.9 Å². The van der Waals surface area contributed by atoms with E-state index >= 15 is 0 Å². The summed E-state index contributed by atoms with van der Waals surface area (Å²) in [4.78, 5) is 30.2. The largest absolute Gasteiger partial charge is 0.495 e. The van der Waals surface area contributed by atoms with Crippen LogP contribution in [0.25, 0.3) is 0 Å². The number of H-pyrrole nitrogens is 1. The summed E-state index contributed by atoms with van der Waals surface area (Å²) in [6.45, 7) is 0. The molecular formula is C19H15Cl2N3O5S2. The number of ether oxygens (including phenoxy) is 1. The number of nitrogens with zero attached hydrogens (tertiary/aromatic N) is 1. The number of hydrogen-bond acceptors (Lipinski definition) is 7. The average Bonchev–Trinajstić information content (AvgIpc) is 2.72. The summed E-state index contributed by atoms with van der Waals surface area (Å²) < 4.78 is 30.3. The summed E-state index contributed by atoms with van der Waals surface area (Å²) >= 11 is 12.7. The second-order valence-corrected chi connectivity index (χ2v) is 9.75. The molecule has 1 aromatic heterocycles. The van der Waals surface area contributed by atoms with Gasteiger partial charge in [-0.25, -0.2) is 13.4 Å². The zero-order valence-electron chi connectivity index (χ0n) is 15.9. The highest BCUT2D eigenvalue weighted by atomic mass is 35.5. The molecule has 0 atom stereocenters. The van der Waals surface area contributed by atoms with Gasteiger partial charge in [-0.15, -0.1) is 0 Å². The van der Waals surface area contributed by atoms with Crippen molar-refractivity contribution in [3.63, 3.8) is 0 Å². The van der Waals surface area contributed by atoms with Crippen LogP contribution in [0.4, 0.5) is 5.69 Å². The standard InChI is InChI=1S/C19H15Cl2N3O5S2/c1-29-15-7-4-12(8-14(15)21)23-17(25)10-30-19-22-9-16(18(26)24-19)31(27,28)13-5-2-11(20)3-6-13/h2-9H,10H2,1H3,(H,23,25)(H,22,24,26). The molecule has 0 fully saturated rings. The fourth-order valence-electron chi connectivity index (χ4n) is 2.45. The number of halogens is 2. The van der Waals surface area contributed by atoms with Crippen molar-refractivity contribution in [3.8, 4) is 5.75 Å². The van der Waals surface area contributed by atoms with Crippen LogP contribution in [-0.2, 0) is 14.6 Å². The lowest BCUT2D eigenvalue weighted by molar-refractivity contribution is -0.113. The molecule has 0 radical (unpaired) electrons. The lowest BCUT2D eigenvalue weighted by Crippen LogP contribution is -2.20. The predicted octanol–water partition coefficient (Wildman–Crippen LogP) is 3.65. The molecule has 0 aliphatic rings. The van der Waals surface area contributed by atoms with Gasteiger partial charge in [-0.1, -0.05) is 35.0 Å². The molecular weight excluding hydrogens is 485 g/mol. The van der Waals surface area contributed by atoms with Gasteiger partial charge in [-0.3, -0.25) is 9.59 Å². The molecule has 162 valence electrons. The molecule has 0 aliphatic carbocycles. The van der Waals surface area contributed by atoms with Crippen molar-refractivity contribution in [2.75, 3.05) is 18.2 Å². The van der Waals surface area contributed by atoms with Crippen molar-refractivity contribution in [1.29, 1.82) is 0 Å². The second-order valence-electron chi connectivity index (χ2n) is 6.03. The van der Waals surface area contributed by atoms with Gasteiger partial charge in [0.25, 0.3) is 5.56 Å². The first-order chi connectivity index (χ1) is 14.7. The summed E-state index contributed by atoms with van der Waals surface area (Å²) in [5.41, 5.74) is -0.364. The number of sulfone groups is 1. The Morgan fingerprint density at radius 3 is 2.52 bits per heavy atom. The molecule has 0 spiro atoms. The van der Waals surface area contributed by atoms with Gasteiger partial charge < -0.3 is 15.0 Å². The van der Waals surface area contributed by atoms with Gasteiger partial charge in [-0.05, 0) is 42.5 Å². The highest BCUT2D eigenvalue weighted by Gasteiger charge is 2.22. The van der Waals surface area contributed by atoms with Gasteiger partial charge in [0.05, 0.1) is 29.0 Å². The van der Waals surface area contributed by atoms with Crippen LogP contribution in [0.2, 0.25) is 10.0 Å². The Labute approximate surface area is 191 Å². The molecule has 8 nitrogen and oxygen atoms in total. The van der Waals surface area contributed by atoms with Crippen LogP contribution in [0, 0.1) is 0 Å². The smallest absolute Gasteiger partial charge is 0.270 e. The van der Waals surface area contributed by atoms with E-state index in [1.807, 2.05) is 0 Å². The van der Waals surface area contributed by atoms with E-state index in [0.717, 1.165) is 18.0 Å². The van der Waals surface area contributed by atoms with Crippen LogP contribution in [0.3, 0.4) is 0 Å². The van der Waals surface area contributed by atoms with Crippen molar-refractivity contribution >= 4 is 56.4 Å². The lowest BCUT2D eigenvalue weighted by atomic mass is 10.3. The molecule has 1 heterocycles. The lowest BCUT2D eigenvalue weighted by Gasteiger charge is -2.08. The van der Waals surface area contributed by atoms with Crippen molar-refractivity contribution < 1.29 is 17.9 Å². The molecule has 31 heavy (non-hydrogen) atoms. The fourth-order valence-corrected chi connectivity index (χ4v) is 4.70. The number of nitrogens with one attached hydrogen (secondary N) is 2. The van der Waals surface area contributed by atoms with E-state index in [4.69, 9.17) is 27.9 Å². The van der Waals surface area contributed by atoms with Crippen LogP contribution in [-0.4, -0.2) is 37.2 Å². The van der Waals surface area contributed by atoms with Gasteiger partial charge >= 0.3 is 0 Å². The number of carbonyl (C=O) groups excluding carboxylic acids is 1. The number of hydrogen-bond donors (Lipinski definition) is 2. The monoisotopic (exact) mass is 499 g/mol. The first kappa shape index (κ1) is 23.1. The summed E-state index contributed by atoms with van der Waals surface area (Å²) in [6.07, 6.45) is 0.965. The Kier molecular flexibility index (Phi) is 7.26. The van der Waals surface area contributed by atoms with Crippen LogP contribution < -0.4 is 15.6 Å². The van der Waals surface area contributed by atoms with Crippen LogP contribution in [0.5, 0.6) is 5.75 Å². The minimum absolute atomic E-state index is 0.0735. The maximum atomic E-state index is 12.6. The number of methoxy groups -OCH3 is 1. The highest BCUT2D eigenvalue weighted by molar-refractivity contribution is 7.99. The number of aromatic amines is 1. The summed E-state index contributed by atoms with van der Waals surface area (Å²) in [7, 11) is -2.58. The number of anilines is 1. The zero-order chi connectivity index (χ0) is 22.6. The minimum Gasteiger partial charge on any atom is -0.495 e. The summed E-state index contributed by atoms with van der Waals surface area (Å²) in [5.74, 6) is 0.0341. The Morgan fingerprint density at radius 2 is 1.90 bits per heavy atom. The maximum absolute atomic E-state index is 12.6. The van der Waals surface area contributed by atoms with Gasteiger partial charge in [0.15, 0.2) is 10.1 Å². The van der Waals surface area contributed by atoms with Gasteiger partial charge in [0, 0.05) is 10.7 Å². The van der Waals surface area contributed by atoms with E-state index in [9.17, 15) is 18.0 Å². The SMILES string of the molecule is COc1ccc(NC(=O)CSc2ncc(S(=O)(=O)c3ccc(Cl)cc3)c(=O)[nH]2)cc1Cl. The van der Waals surface area contributed by atoms with Crippen molar-refractivity contribution in [1.82, 2.24) is 9.97 Å². The number of thioether (sulfide) groups is 1. The normalized spacial score (nSPS) is 11.2. The quantitative estimate of drug-likeness (QED) is 0.376. The van der Waals surface area contributed by atoms with Crippen molar-refractivity contribution in [3.05, 3.63) is 69.1 Å². The first-order valence-electron chi connectivity index (χ1n) is 8.57. The van der Waals surface area contributed by atoms with E-state index in [1.54, 1.807) is 18.2 Å². The Balaban J connectivity index is 1.68. The van der Waals surface area contributed by atoms with Gasteiger partial charge in [0.2, 0.25) is 15.7 Å². The molecule has 0 saturated carbocycles. The molecule has 0 bridgehead atoms. The number of benzene rings is 2. The van der Waals surface area contributed by atoms with E-state index in [1.165, 1.54) is 31.4 Å². The third-order valence-corrected chi connectivity index (χ3v) is 7.13. The Bertz CT molecular complexity index is 1280. The van der Waals surface area contributed by atoms with Crippen molar-refractivity contribution in [2.24, 2.45) is 0 Å². The summed E-state index contributed by atoms with van der Waals surface area (Å²) in [5, 5.41) is 3.47. The minimum atomic E-state index is -4.06. The average molecular weight is 500 g/mol. The number of rotatable bonds is 7. The predicted molar refractivity (Wildman–Crippen MR) is 119 cm³/mol. The third kappa shape index (κ3) is 5.59. The third-order valence-electron chi connectivity index (χ3n) is 3.93. The number of amides is 1. The van der Waals surface area contributed by atoms with Gasteiger partial charge in [0.1, 0.15) is 5.75 Å². The fraction of sp³-hybridized carbons (Fsp3) is 0.105. The molecule has 2 aromatic carbocycles. The highest BCUT2D eigenvalue weighted by Crippen LogP contribution is 2.27. The second kappa shape index (κ2) is 9.73. The molecule has 3 rings (SSSR count). The molecule has 12 heteroatoms. The number of carbonyl (C=O) groups is 1. The Hall–Kier alpha value is -2.53. The molecule has 0 unspecified atom stereocenters. The van der Waals surface area contributed by atoms with Gasteiger partial charge in [-0.2, -0.15) is 0 Å². The molecule has 0 aliphatic heterocycles. The summed E-state index contributed by atoms with van der Waals surface area (Å²) in [6, 6.07) is 10.2. The zero-order valence-corrected chi connectivity index (χ0v) is 19.0. The molecule has 0 saturated heterocycles. The molecule has 3 aromatic rings. The first-order valence-corrected chi connectivity index (χ1v) is 11.8. The van der Waals surface area contributed by atoms with Crippen LogP contribution in [0.15, 0.2) is 68.4 Å². The molecule has 2 N–H and O–H groups in total.